The van der Waals surface area contributed by atoms with Gasteiger partial charge in [-0.15, -0.1) is 0 Å². The molecule has 0 aliphatic carbocycles. The number of aryl methyl sites for hydroxylation is 2. The number of nitro benzene ring substituents is 1. The molecule has 0 amide bonds. The molecule has 0 unspecified atom stereocenters. The van der Waals surface area contributed by atoms with Gasteiger partial charge in [0.05, 0.1) is 29.9 Å². The molecule has 8 nitrogen and oxygen atoms in total. The third-order valence-electron chi connectivity index (χ3n) is 6.26. The molecular weight excluding hydrogens is 494 g/mol. The van der Waals surface area contributed by atoms with Gasteiger partial charge in [0.2, 0.25) is 5.88 Å². The van der Waals surface area contributed by atoms with Crippen molar-refractivity contribution in [3.8, 4) is 45.6 Å². The number of hydrogen-bond acceptors (Lipinski definition) is 7. The van der Waals surface area contributed by atoms with Gasteiger partial charge in [-0.1, -0.05) is 59.7 Å². The summed E-state index contributed by atoms with van der Waals surface area (Å²) in [6, 6.07) is 25.8. The lowest BCUT2D eigenvalue weighted by Gasteiger charge is -2.05. The summed E-state index contributed by atoms with van der Waals surface area (Å²) < 4.78 is 17.1. The highest BCUT2D eigenvalue weighted by Gasteiger charge is 2.23. The van der Waals surface area contributed by atoms with E-state index in [4.69, 9.17) is 13.6 Å². The van der Waals surface area contributed by atoms with Crippen molar-refractivity contribution in [1.29, 1.82) is 5.26 Å². The van der Waals surface area contributed by atoms with Crippen molar-refractivity contribution < 1.29 is 18.5 Å². The molecule has 2 aromatic heterocycles. The Balaban J connectivity index is 1.56. The predicted octanol–water partition coefficient (Wildman–Crippen LogP) is 8.03. The molecule has 2 heterocycles. The molecule has 0 saturated carbocycles. The van der Waals surface area contributed by atoms with Gasteiger partial charge >= 0.3 is 0 Å². The minimum Gasteiger partial charge on any atom is -0.497 e. The third-order valence-corrected chi connectivity index (χ3v) is 6.26. The second kappa shape index (κ2) is 10.5. The molecule has 0 aliphatic heterocycles. The summed E-state index contributed by atoms with van der Waals surface area (Å²) in [5.41, 5.74) is 4.97. The first kappa shape index (κ1) is 25.2. The Morgan fingerprint density at radius 3 is 2.21 bits per heavy atom. The van der Waals surface area contributed by atoms with Crippen LogP contribution in [0.1, 0.15) is 22.5 Å². The van der Waals surface area contributed by atoms with E-state index in [1.807, 2.05) is 62.4 Å². The molecule has 39 heavy (non-hydrogen) atoms. The number of methoxy groups -OCH3 is 1. The summed E-state index contributed by atoms with van der Waals surface area (Å²) in [6.45, 7) is 4.00. The first-order valence-electron chi connectivity index (χ1n) is 12.1. The number of furan rings is 2. The Morgan fingerprint density at radius 1 is 0.923 bits per heavy atom. The van der Waals surface area contributed by atoms with Crippen molar-refractivity contribution in [1.82, 2.24) is 0 Å². The number of benzene rings is 3. The number of nitro groups is 1. The molecule has 3 aromatic carbocycles. The van der Waals surface area contributed by atoms with Crippen molar-refractivity contribution in [3.63, 3.8) is 0 Å². The van der Waals surface area contributed by atoms with Gasteiger partial charge < -0.3 is 13.6 Å². The summed E-state index contributed by atoms with van der Waals surface area (Å²) in [5.74, 6) is 1.68. The average molecular weight is 518 g/mol. The van der Waals surface area contributed by atoms with E-state index in [1.54, 1.807) is 24.3 Å². The van der Waals surface area contributed by atoms with Gasteiger partial charge in [-0.25, -0.2) is 4.99 Å². The number of aliphatic imine (C=N–C) groups is 1. The molecule has 0 atom stereocenters. The van der Waals surface area contributed by atoms with Gasteiger partial charge in [0.15, 0.2) is 0 Å². The topological polar surface area (TPSA) is 115 Å². The molecule has 8 heteroatoms. The van der Waals surface area contributed by atoms with Crippen molar-refractivity contribution >= 4 is 17.8 Å². The Kier molecular flexibility index (Phi) is 6.81. The summed E-state index contributed by atoms with van der Waals surface area (Å²) in [4.78, 5) is 15.5. The fourth-order valence-electron chi connectivity index (χ4n) is 4.20. The number of nitrogens with zero attached hydrogens (tertiary/aromatic N) is 3. The van der Waals surface area contributed by atoms with E-state index in [9.17, 15) is 15.4 Å². The molecule has 0 saturated heterocycles. The highest BCUT2D eigenvalue weighted by atomic mass is 16.6. The van der Waals surface area contributed by atoms with E-state index >= 15 is 0 Å². The fourth-order valence-corrected chi connectivity index (χ4v) is 4.20. The molecule has 0 bridgehead atoms. The fraction of sp³-hybridized carbons (Fsp3) is 0.0968. The van der Waals surface area contributed by atoms with Crippen LogP contribution in [0.4, 0.5) is 11.6 Å². The smallest absolute Gasteiger partial charge is 0.284 e. The van der Waals surface area contributed by atoms with Crippen LogP contribution in [0.25, 0.3) is 33.8 Å². The molecule has 0 aliphatic rings. The molecule has 192 valence electrons. The lowest BCUT2D eigenvalue weighted by molar-refractivity contribution is -0.384. The van der Waals surface area contributed by atoms with Crippen LogP contribution >= 0.6 is 0 Å². The van der Waals surface area contributed by atoms with Crippen molar-refractivity contribution in [2.75, 3.05) is 7.11 Å². The second-order valence-corrected chi connectivity index (χ2v) is 8.93. The Labute approximate surface area is 224 Å². The quantitative estimate of drug-likeness (QED) is 0.123. The zero-order valence-electron chi connectivity index (χ0n) is 21.5. The first-order chi connectivity index (χ1) is 18.9. The molecular formula is C31H23N3O5. The van der Waals surface area contributed by atoms with E-state index in [2.05, 4.69) is 11.1 Å². The van der Waals surface area contributed by atoms with Gasteiger partial charge in [-0.3, -0.25) is 10.1 Å². The Bertz CT molecular complexity index is 1740. The van der Waals surface area contributed by atoms with Crippen LogP contribution in [0.3, 0.4) is 0 Å². The maximum absolute atomic E-state index is 11.6. The highest BCUT2D eigenvalue weighted by Crippen LogP contribution is 2.43. The Hall–Kier alpha value is -5.42. The van der Waals surface area contributed by atoms with Gasteiger partial charge in [-0.2, -0.15) is 5.26 Å². The standard InChI is InChI=1S/C31H23N3O5/c1-19-4-8-21(9-5-19)29-26(17-32)31(39-30(29)22-10-6-20(2)7-11-22)33-18-24-13-15-28(38-24)25-14-12-23(37-3)16-27(25)34(35)36/h4-16,18H,1-3H3. The van der Waals surface area contributed by atoms with Gasteiger partial charge in [-0.05, 0) is 43.7 Å². The maximum Gasteiger partial charge on any atom is 0.284 e. The normalized spacial score (nSPS) is 11.0. The summed E-state index contributed by atoms with van der Waals surface area (Å²) in [7, 11) is 1.44. The second-order valence-electron chi connectivity index (χ2n) is 8.93. The molecule has 0 N–H and O–H groups in total. The van der Waals surface area contributed by atoms with Crippen molar-refractivity contribution in [2.45, 2.75) is 13.8 Å². The average Bonchev–Trinajstić information content (AvgIpc) is 3.57. The SMILES string of the molecule is COc1ccc(-c2ccc(C=Nc3oc(-c4ccc(C)cc4)c(-c4ccc(C)cc4)c3C#N)o2)c([N+](=O)[O-])c1. The van der Waals surface area contributed by atoms with Crippen LogP contribution in [-0.4, -0.2) is 18.2 Å². The first-order valence-corrected chi connectivity index (χ1v) is 12.1. The monoisotopic (exact) mass is 517 g/mol. The summed E-state index contributed by atoms with van der Waals surface area (Å²) in [6.07, 6.45) is 1.43. The van der Waals surface area contributed by atoms with E-state index in [1.165, 1.54) is 19.4 Å². The van der Waals surface area contributed by atoms with Crippen LogP contribution in [0.15, 0.2) is 92.7 Å². The van der Waals surface area contributed by atoms with Crippen molar-refractivity contribution in [2.24, 2.45) is 4.99 Å². The summed E-state index contributed by atoms with van der Waals surface area (Å²) >= 11 is 0. The van der Waals surface area contributed by atoms with Crippen LogP contribution in [0.5, 0.6) is 5.75 Å². The number of nitriles is 1. The van der Waals surface area contributed by atoms with E-state index in [-0.39, 0.29) is 11.6 Å². The van der Waals surface area contributed by atoms with E-state index in [0.717, 1.165) is 22.3 Å². The minimum absolute atomic E-state index is 0.136. The van der Waals surface area contributed by atoms with Crippen LogP contribution in [0, 0.1) is 35.3 Å². The van der Waals surface area contributed by atoms with Crippen molar-refractivity contribution in [3.05, 3.63) is 111 Å². The molecule has 0 fully saturated rings. The number of hydrogen-bond donors (Lipinski definition) is 0. The number of rotatable bonds is 7. The lowest BCUT2D eigenvalue weighted by atomic mass is 9.97. The Morgan fingerprint density at radius 2 is 1.59 bits per heavy atom. The van der Waals surface area contributed by atoms with E-state index < -0.39 is 4.92 Å². The zero-order chi connectivity index (χ0) is 27.5. The lowest BCUT2D eigenvalue weighted by Crippen LogP contribution is -1.93. The zero-order valence-corrected chi connectivity index (χ0v) is 21.5. The third kappa shape index (κ3) is 5.06. The predicted molar refractivity (Wildman–Crippen MR) is 148 cm³/mol. The number of ether oxygens (including phenoxy) is 1. The highest BCUT2D eigenvalue weighted by molar-refractivity contribution is 5.89. The molecule has 5 rings (SSSR count). The van der Waals surface area contributed by atoms with Crippen LogP contribution in [0.2, 0.25) is 0 Å². The van der Waals surface area contributed by atoms with Gasteiger partial charge in [0.25, 0.3) is 5.69 Å². The molecule has 5 aromatic rings. The largest absolute Gasteiger partial charge is 0.497 e. The molecule has 0 spiro atoms. The minimum atomic E-state index is -0.491. The van der Waals surface area contributed by atoms with Gasteiger partial charge in [0, 0.05) is 11.1 Å². The molecule has 0 radical (unpaired) electrons. The maximum atomic E-state index is 11.6. The summed E-state index contributed by atoms with van der Waals surface area (Å²) in [5, 5.41) is 21.7. The van der Waals surface area contributed by atoms with Crippen LogP contribution < -0.4 is 4.74 Å². The van der Waals surface area contributed by atoms with E-state index in [0.29, 0.717) is 39.7 Å². The van der Waals surface area contributed by atoms with Crippen LogP contribution in [-0.2, 0) is 0 Å². The van der Waals surface area contributed by atoms with Gasteiger partial charge in [0.1, 0.15) is 34.7 Å².